The summed E-state index contributed by atoms with van der Waals surface area (Å²) in [5.41, 5.74) is 1.70. The molecule has 2 nitrogen and oxygen atoms in total. The first kappa shape index (κ1) is 10.5. The van der Waals surface area contributed by atoms with Crippen LogP contribution in [-0.2, 0) is 0 Å². The molecule has 0 aliphatic carbocycles. The van der Waals surface area contributed by atoms with Crippen LogP contribution in [0.3, 0.4) is 0 Å². The highest BCUT2D eigenvalue weighted by Gasteiger charge is 2.31. The molecule has 1 atom stereocenters. The third-order valence-electron chi connectivity index (χ3n) is 3.52. The van der Waals surface area contributed by atoms with Gasteiger partial charge < -0.3 is 10.6 Å². The van der Waals surface area contributed by atoms with Gasteiger partial charge in [-0.25, -0.2) is 0 Å². The first-order valence-electron chi connectivity index (χ1n) is 5.84. The van der Waals surface area contributed by atoms with E-state index in [9.17, 15) is 0 Å². The number of hydrogen-bond donors (Lipinski definition) is 2. The molecular formula is C13H20N2. The largest absolute Gasteiger partial charge is 0.384 e. The van der Waals surface area contributed by atoms with Gasteiger partial charge in [-0.3, -0.25) is 0 Å². The third-order valence-corrected chi connectivity index (χ3v) is 3.52. The highest BCUT2D eigenvalue weighted by atomic mass is 15.0. The maximum absolute atomic E-state index is 3.54. The van der Waals surface area contributed by atoms with Gasteiger partial charge in [0.25, 0.3) is 0 Å². The number of anilines is 1. The van der Waals surface area contributed by atoms with Gasteiger partial charge >= 0.3 is 0 Å². The highest BCUT2D eigenvalue weighted by molar-refractivity contribution is 5.42. The van der Waals surface area contributed by atoms with Gasteiger partial charge in [-0.15, -0.1) is 0 Å². The maximum atomic E-state index is 3.54. The molecule has 82 valence electrons. The fourth-order valence-corrected chi connectivity index (χ4v) is 2.22. The lowest BCUT2D eigenvalue weighted by Gasteiger charge is -2.27. The van der Waals surface area contributed by atoms with Crippen molar-refractivity contribution in [2.75, 3.05) is 25.0 Å². The maximum Gasteiger partial charge on any atom is 0.0340 e. The molecule has 1 aliphatic heterocycles. The molecule has 0 bridgehead atoms. The van der Waals surface area contributed by atoms with Crippen LogP contribution in [0.2, 0.25) is 0 Å². The van der Waals surface area contributed by atoms with Gasteiger partial charge in [0.15, 0.2) is 0 Å². The number of benzene rings is 1. The zero-order chi connectivity index (χ0) is 10.6. The molecule has 0 aromatic heterocycles. The van der Waals surface area contributed by atoms with Crippen molar-refractivity contribution in [3.63, 3.8) is 0 Å². The zero-order valence-corrected chi connectivity index (χ0v) is 9.42. The van der Waals surface area contributed by atoms with Crippen molar-refractivity contribution in [2.24, 2.45) is 5.41 Å². The average molecular weight is 204 g/mol. The summed E-state index contributed by atoms with van der Waals surface area (Å²) in [7, 11) is 0. The van der Waals surface area contributed by atoms with Crippen molar-refractivity contribution in [1.29, 1.82) is 0 Å². The Kier molecular flexibility index (Phi) is 3.27. The second kappa shape index (κ2) is 4.67. The first-order chi connectivity index (χ1) is 7.35. The Morgan fingerprint density at radius 1 is 1.33 bits per heavy atom. The lowest BCUT2D eigenvalue weighted by Crippen LogP contribution is -2.31. The SMILES string of the molecule is CCC1(CNc2ccccc2)CCNC1. The zero-order valence-electron chi connectivity index (χ0n) is 9.42. The summed E-state index contributed by atoms with van der Waals surface area (Å²) in [5.74, 6) is 0. The Labute approximate surface area is 92.1 Å². The van der Waals surface area contributed by atoms with Crippen molar-refractivity contribution in [2.45, 2.75) is 19.8 Å². The van der Waals surface area contributed by atoms with E-state index in [4.69, 9.17) is 0 Å². The Hall–Kier alpha value is -1.02. The van der Waals surface area contributed by atoms with Crippen LogP contribution in [0.5, 0.6) is 0 Å². The molecule has 15 heavy (non-hydrogen) atoms. The minimum atomic E-state index is 0.468. The minimum absolute atomic E-state index is 0.468. The molecule has 1 aromatic rings. The first-order valence-corrected chi connectivity index (χ1v) is 5.84. The van der Waals surface area contributed by atoms with Gasteiger partial charge in [0.2, 0.25) is 0 Å². The second-order valence-corrected chi connectivity index (χ2v) is 4.50. The van der Waals surface area contributed by atoms with Crippen molar-refractivity contribution < 1.29 is 0 Å². The molecule has 0 amide bonds. The Bertz CT molecular complexity index is 289. The van der Waals surface area contributed by atoms with Crippen molar-refractivity contribution in [3.05, 3.63) is 30.3 Å². The third kappa shape index (κ3) is 2.51. The van der Waals surface area contributed by atoms with Crippen molar-refractivity contribution >= 4 is 5.69 Å². The van der Waals surface area contributed by atoms with Crippen LogP contribution in [0.15, 0.2) is 30.3 Å². The normalized spacial score (nSPS) is 25.4. The number of hydrogen-bond acceptors (Lipinski definition) is 2. The summed E-state index contributed by atoms with van der Waals surface area (Å²) >= 11 is 0. The van der Waals surface area contributed by atoms with E-state index in [-0.39, 0.29) is 0 Å². The van der Waals surface area contributed by atoms with Crippen molar-refractivity contribution in [1.82, 2.24) is 5.32 Å². The Morgan fingerprint density at radius 2 is 2.13 bits per heavy atom. The van der Waals surface area contributed by atoms with E-state index in [0.29, 0.717) is 5.41 Å². The smallest absolute Gasteiger partial charge is 0.0340 e. The van der Waals surface area contributed by atoms with E-state index in [1.54, 1.807) is 0 Å². The molecule has 1 heterocycles. The Morgan fingerprint density at radius 3 is 2.73 bits per heavy atom. The fraction of sp³-hybridized carbons (Fsp3) is 0.538. The molecular weight excluding hydrogens is 184 g/mol. The molecule has 1 aliphatic rings. The molecule has 1 aromatic carbocycles. The lowest BCUT2D eigenvalue weighted by molar-refractivity contribution is 0.333. The van der Waals surface area contributed by atoms with E-state index >= 15 is 0 Å². The average Bonchev–Trinajstić information content (AvgIpc) is 2.77. The number of para-hydroxylation sites is 1. The minimum Gasteiger partial charge on any atom is -0.384 e. The van der Waals surface area contributed by atoms with E-state index < -0.39 is 0 Å². The molecule has 2 heteroatoms. The monoisotopic (exact) mass is 204 g/mol. The number of nitrogens with one attached hydrogen (secondary N) is 2. The quantitative estimate of drug-likeness (QED) is 0.787. The lowest BCUT2D eigenvalue weighted by atomic mass is 9.84. The van der Waals surface area contributed by atoms with Crippen LogP contribution >= 0.6 is 0 Å². The Balaban J connectivity index is 1.92. The highest BCUT2D eigenvalue weighted by Crippen LogP contribution is 2.29. The summed E-state index contributed by atoms with van der Waals surface area (Å²) in [4.78, 5) is 0. The van der Waals surface area contributed by atoms with E-state index in [1.807, 2.05) is 0 Å². The van der Waals surface area contributed by atoms with Crippen LogP contribution in [-0.4, -0.2) is 19.6 Å². The van der Waals surface area contributed by atoms with Gasteiger partial charge in [-0.1, -0.05) is 25.1 Å². The van der Waals surface area contributed by atoms with Gasteiger partial charge in [0.05, 0.1) is 0 Å². The standard InChI is InChI=1S/C13H20N2/c1-2-13(8-9-14-10-13)11-15-12-6-4-3-5-7-12/h3-7,14-15H,2,8-11H2,1H3. The van der Waals surface area contributed by atoms with E-state index in [0.717, 1.165) is 13.1 Å². The summed E-state index contributed by atoms with van der Waals surface area (Å²) < 4.78 is 0. The molecule has 0 spiro atoms. The van der Waals surface area contributed by atoms with Gasteiger partial charge in [0.1, 0.15) is 0 Å². The predicted octanol–water partition coefficient (Wildman–Crippen LogP) is 2.49. The number of rotatable bonds is 4. The van der Waals surface area contributed by atoms with Gasteiger partial charge in [-0.05, 0) is 31.5 Å². The molecule has 2 N–H and O–H groups in total. The summed E-state index contributed by atoms with van der Waals surface area (Å²) in [6.07, 6.45) is 2.54. The predicted molar refractivity (Wildman–Crippen MR) is 65.1 cm³/mol. The molecule has 1 fully saturated rings. The van der Waals surface area contributed by atoms with Crippen molar-refractivity contribution in [3.8, 4) is 0 Å². The molecule has 1 saturated heterocycles. The summed E-state index contributed by atoms with van der Waals surface area (Å²) in [6, 6.07) is 10.5. The topological polar surface area (TPSA) is 24.1 Å². The summed E-state index contributed by atoms with van der Waals surface area (Å²) in [5, 5.41) is 7.00. The second-order valence-electron chi connectivity index (χ2n) is 4.50. The molecule has 0 saturated carbocycles. The van der Waals surface area contributed by atoms with E-state index in [2.05, 4.69) is 47.9 Å². The van der Waals surface area contributed by atoms with Gasteiger partial charge in [-0.2, -0.15) is 0 Å². The van der Waals surface area contributed by atoms with Crippen LogP contribution in [0.1, 0.15) is 19.8 Å². The van der Waals surface area contributed by atoms with Crippen LogP contribution < -0.4 is 10.6 Å². The summed E-state index contributed by atoms with van der Waals surface area (Å²) in [6.45, 7) is 5.70. The molecule has 1 unspecified atom stereocenters. The van der Waals surface area contributed by atoms with Crippen LogP contribution in [0.4, 0.5) is 5.69 Å². The molecule has 0 radical (unpaired) electrons. The molecule has 2 rings (SSSR count). The van der Waals surface area contributed by atoms with Gasteiger partial charge in [0, 0.05) is 24.2 Å². The van der Waals surface area contributed by atoms with E-state index in [1.165, 1.54) is 25.1 Å². The fourth-order valence-electron chi connectivity index (χ4n) is 2.22. The van der Waals surface area contributed by atoms with Crippen LogP contribution in [0.25, 0.3) is 0 Å². The van der Waals surface area contributed by atoms with Crippen LogP contribution in [0, 0.1) is 5.41 Å².